The normalized spacial score (nSPS) is 14.5. The molecule has 126 valence electrons. The molecular weight excluding hydrogens is 298 g/mol. The molecule has 2 heterocycles. The van der Waals surface area contributed by atoms with Crippen LogP contribution in [0.2, 0.25) is 0 Å². The molecule has 0 bridgehead atoms. The lowest BCUT2D eigenvalue weighted by atomic mass is 10.0. The van der Waals surface area contributed by atoms with Crippen molar-refractivity contribution in [3.8, 4) is 0 Å². The highest BCUT2D eigenvalue weighted by Crippen LogP contribution is 2.26. The lowest BCUT2D eigenvalue weighted by molar-refractivity contribution is 0.0718. The van der Waals surface area contributed by atoms with Crippen LogP contribution in [-0.4, -0.2) is 28.9 Å². The SMILES string of the molecule is Cc1cc(C)c(Nc2ccnc(C(=O)N3CCCCC3)c2)c(C)c1. The number of pyridine rings is 1. The maximum atomic E-state index is 12.6. The summed E-state index contributed by atoms with van der Waals surface area (Å²) in [6.07, 6.45) is 5.10. The Bertz CT molecular complexity index is 725. The third kappa shape index (κ3) is 3.58. The highest BCUT2D eigenvalue weighted by atomic mass is 16.2. The molecule has 0 spiro atoms. The summed E-state index contributed by atoms with van der Waals surface area (Å²) in [5, 5.41) is 3.46. The van der Waals surface area contributed by atoms with Crippen molar-refractivity contribution < 1.29 is 4.79 Å². The molecule has 0 aliphatic carbocycles. The Morgan fingerprint density at radius 2 is 1.71 bits per heavy atom. The molecule has 1 fully saturated rings. The van der Waals surface area contributed by atoms with E-state index in [-0.39, 0.29) is 5.91 Å². The molecule has 0 radical (unpaired) electrons. The number of likely N-dealkylation sites (tertiary alicyclic amines) is 1. The third-order valence-corrected chi connectivity index (χ3v) is 4.57. The van der Waals surface area contributed by atoms with Gasteiger partial charge < -0.3 is 10.2 Å². The van der Waals surface area contributed by atoms with E-state index >= 15 is 0 Å². The second-order valence-corrected chi connectivity index (χ2v) is 6.68. The molecule has 4 nitrogen and oxygen atoms in total. The first kappa shape index (κ1) is 16.5. The summed E-state index contributed by atoms with van der Waals surface area (Å²) in [5.41, 5.74) is 6.18. The first-order chi connectivity index (χ1) is 11.5. The van der Waals surface area contributed by atoms with E-state index in [1.54, 1.807) is 6.20 Å². The molecule has 1 aliphatic heterocycles. The number of piperidine rings is 1. The van der Waals surface area contributed by atoms with Gasteiger partial charge in [0, 0.05) is 30.7 Å². The molecule has 1 N–H and O–H groups in total. The van der Waals surface area contributed by atoms with Gasteiger partial charge >= 0.3 is 0 Å². The molecule has 1 saturated heterocycles. The molecule has 0 saturated carbocycles. The molecule has 1 aromatic heterocycles. The number of hydrogen-bond donors (Lipinski definition) is 1. The smallest absolute Gasteiger partial charge is 0.272 e. The number of nitrogens with one attached hydrogen (secondary N) is 1. The molecule has 1 aromatic carbocycles. The van der Waals surface area contributed by atoms with Crippen molar-refractivity contribution in [1.29, 1.82) is 0 Å². The van der Waals surface area contributed by atoms with Gasteiger partial charge in [0.1, 0.15) is 5.69 Å². The molecule has 1 amide bonds. The first-order valence-electron chi connectivity index (χ1n) is 8.65. The average molecular weight is 323 g/mol. The minimum atomic E-state index is 0.0377. The van der Waals surface area contributed by atoms with E-state index in [4.69, 9.17) is 0 Å². The highest BCUT2D eigenvalue weighted by Gasteiger charge is 2.19. The molecule has 24 heavy (non-hydrogen) atoms. The Morgan fingerprint density at radius 3 is 2.38 bits per heavy atom. The third-order valence-electron chi connectivity index (χ3n) is 4.57. The number of benzene rings is 1. The predicted octanol–water partition coefficient (Wildman–Crippen LogP) is 4.38. The van der Waals surface area contributed by atoms with E-state index in [1.807, 2.05) is 17.0 Å². The Balaban J connectivity index is 1.82. The van der Waals surface area contributed by atoms with Crippen molar-refractivity contribution in [2.75, 3.05) is 18.4 Å². The molecule has 1 aliphatic rings. The minimum Gasteiger partial charge on any atom is -0.355 e. The molecular formula is C20H25N3O. The van der Waals surface area contributed by atoms with Gasteiger partial charge in [-0.2, -0.15) is 0 Å². The monoisotopic (exact) mass is 323 g/mol. The molecule has 0 unspecified atom stereocenters. The number of aryl methyl sites for hydroxylation is 3. The number of amides is 1. The topological polar surface area (TPSA) is 45.2 Å². The number of hydrogen-bond acceptors (Lipinski definition) is 3. The Kier molecular flexibility index (Phi) is 4.84. The van der Waals surface area contributed by atoms with E-state index < -0.39 is 0 Å². The van der Waals surface area contributed by atoms with Gasteiger partial charge in [-0.1, -0.05) is 17.7 Å². The summed E-state index contributed by atoms with van der Waals surface area (Å²) < 4.78 is 0. The van der Waals surface area contributed by atoms with Crippen LogP contribution in [0.5, 0.6) is 0 Å². The second-order valence-electron chi connectivity index (χ2n) is 6.68. The zero-order valence-corrected chi connectivity index (χ0v) is 14.7. The van der Waals surface area contributed by atoms with Crippen LogP contribution in [0.25, 0.3) is 0 Å². The summed E-state index contributed by atoms with van der Waals surface area (Å²) in [5.74, 6) is 0.0377. The number of carbonyl (C=O) groups is 1. The molecule has 3 rings (SSSR count). The van der Waals surface area contributed by atoms with Gasteiger partial charge in [0.15, 0.2) is 0 Å². The highest BCUT2D eigenvalue weighted by molar-refractivity contribution is 5.93. The Labute approximate surface area is 143 Å². The number of aromatic nitrogens is 1. The van der Waals surface area contributed by atoms with Crippen molar-refractivity contribution in [2.45, 2.75) is 40.0 Å². The van der Waals surface area contributed by atoms with Crippen molar-refractivity contribution in [1.82, 2.24) is 9.88 Å². The average Bonchev–Trinajstić information content (AvgIpc) is 2.58. The van der Waals surface area contributed by atoms with Crippen LogP contribution in [0.4, 0.5) is 11.4 Å². The maximum absolute atomic E-state index is 12.6. The van der Waals surface area contributed by atoms with Gasteiger partial charge in [-0.05, 0) is 63.3 Å². The Hall–Kier alpha value is -2.36. The second kappa shape index (κ2) is 7.04. The standard InChI is InChI=1S/C20H25N3O/c1-14-11-15(2)19(16(3)12-14)22-17-7-8-21-18(13-17)20(24)23-9-5-4-6-10-23/h7-8,11-13H,4-6,9-10H2,1-3H3,(H,21,22). The lowest BCUT2D eigenvalue weighted by Crippen LogP contribution is -2.36. The van der Waals surface area contributed by atoms with Crippen LogP contribution in [0.15, 0.2) is 30.5 Å². The summed E-state index contributed by atoms with van der Waals surface area (Å²) in [6, 6.07) is 8.09. The van der Waals surface area contributed by atoms with Crippen molar-refractivity contribution >= 4 is 17.3 Å². The van der Waals surface area contributed by atoms with Crippen LogP contribution in [0.1, 0.15) is 46.4 Å². The van der Waals surface area contributed by atoms with Crippen molar-refractivity contribution in [2.24, 2.45) is 0 Å². The van der Waals surface area contributed by atoms with Crippen LogP contribution in [0.3, 0.4) is 0 Å². The fourth-order valence-corrected chi connectivity index (χ4v) is 3.41. The number of carbonyl (C=O) groups excluding carboxylic acids is 1. The summed E-state index contributed by atoms with van der Waals surface area (Å²) in [6.45, 7) is 7.99. The van der Waals surface area contributed by atoms with E-state index in [0.717, 1.165) is 37.3 Å². The summed E-state index contributed by atoms with van der Waals surface area (Å²) in [4.78, 5) is 18.8. The van der Waals surface area contributed by atoms with E-state index in [1.165, 1.54) is 23.1 Å². The van der Waals surface area contributed by atoms with E-state index in [0.29, 0.717) is 5.69 Å². The van der Waals surface area contributed by atoms with Gasteiger partial charge in [0.25, 0.3) is 5.91 Å². The van der Waals surface area contributed by atoms with Crippen molar-refractivity contribution in [3.63, 3.8) is 0 Å². The largest absolute Gasteiger partial charge is 0.355 e. The van der Waals surface area contributed by atoms with Crippen LogP contribution >= 0.6 is 0 Å². The zero-order chi connectivity index (χ0) is 17.1. The summed E-state index contributed by atoms with van der Waals surface area (Å²) >= 11 is 0. The quantitative estimate of drug-likeness (QED) is 0.912. The summed E-state index contributed by atoms with van der Waals surface area (Å²) in [7, 11) is 0. The van der Waals surface area contributed by atoms with Gasteiger partial charge in [-0.15, -0.1) is 0 Å². The fraction of sp³-hybridized carbons (Fsp3) is 0.400. The van der Waals surface area contributed by atoms with Crippen LogP contribution < -0.4 is 5.32 Å². The zero-order valence-electron chi connectivity index (χ0n) is 14.7. The van der Waals surface area contributed by atoms with Gasteiger partial charge in [0.2, 0.25) is 0 Å². The van der Waals surface area contributed by atoms with Crippen LogP contribution in [-0.2, 0) is 0 Å². The number of rotatable bonds is 3. The lowest BCUT2D eigenvalue weighted by Gasteiger charge is -2.26. The molecule has 4 heteroatoms. The van der Waals surface area contributed by atoms with E-state index in [2.05, 4.69) is 43.2 Å². The number of anilines is 2. The Morgan fingerprint density at radius 1 is 1.04 bits per heavy atom. The number of nitrogens with zero attached hydrogens (tertiary/aromatic N) is 2. The van der Waals surface area contributed by atoms with Crippen molar-refractivity contribution in [3.05, 3.63) is 52.8 Å². The van der Waals surface area contributed by atoms with Gasteiger partial charge in [-0.3, -0.25) is 9.78 Å². The van der Waals surface area contributed by atoms with Crippen LogP contribution in [0, 0.1) is 20.8 Å². The predicted molar refractivity (Wildman–Crippen MR) is 97.9 cm³/mol. The maximum Gasteiger partial charge on any atom is 0.272 e. The van der Waals surface area contributed by atoms with E-state index in [9.17, 15) is 4.79 Å². The van der Waals surface area contributed by atoms with Gasteiger partial charge in [0.05, 0.1) is 0 Å². The minimum absolute atomic E-state index is 0.0377. The molecule has 0 atom stereocenters. The molecule has 2 aromatic rings. The van der Waals surface area contributed by atoms with Gasteiger partial charge in [-0.25, -0.2) is 0 Å². The first-order valence-corrected chi connectivity index (χ1v) is 8.65. The fourth-order valence-electron chi connectivity index (χ4n) is 3.41.